The van der Waals surface area contributed by atoms with Crippen LogP contribution in [-0.4, -0.2) is 63.4 Å². The Morgan fingerprint density at radius 2 is 1.01 bits per heavy atom. The lowest BCUT2D eigenvalue weighted by atomic mass is 9.90. The van der Waals surface area contributed by atoms with Gasteiger partial charge in [-0.15, -0.1) is 0 Å². The first-order valence-corrected chi connectivity index (χ1v) is 25.0. The number of hydrogen-bond acceptors (Lipinski definition) is 9. The molecule has 2 amide bonds. The number of hydrogen-bond donors (Lipinski definition) is 2. The minimum atomic E-state index is -0.0382. The van der Waals surface area contributed by atoms with E-state index in [0.717, 1.165) is 157 Å². The predicted octanol–water partition coefficient (Wildman–Crippen LogP) is 8.10. The predicted molar refractivity (Wildman–Crippen MR) is 263 cm³/mol. The van der Waals surface area contributed by atoms with E-state index in [-0.39, 0.29) is 24.0 Å². The molecule has 352 valence electrons. The van der Waals surface area contributed by atoms with E-state index >= 15 is 0 Å². The fourth-order valence-corrected chi connectivity index (χ4v) is 11.1. The summed E-state index contributed by atoms with van der Waals surface area (Å²) in [5, 5.41) is 8.20. The molecule has 2 aromatic heterocycles. The molecule has 2 N–H and O–H groups in total. The standard InChI is InChI=1S/C56H56N6O7/c63-49(21-3-1-9-29-59-31-23-37-51-41(59)15-11-19-45(51)66-47-25-33-61-39-13-5-7-17-43(39)68-55(61)53(37)47)57-27-35-65-36-28-58-50(64)22-4-2-10-30-60-32-24-38-52-42(60)16-12-20-46(52)67-48-26-34-62-40-14-6-8-18-44(40)69-56(62)54(38)48/h5-8,11-20,23-24,31-32,47-48H,1-4,9-10,21-22,25-30,33-36H2/p+2. The van der Waals surface area contributed by atoms with Crippen molar-refractivity contribution in [2.24, 2.45) is 0 Å². The van der Waals surface area contributed by atoms with Crippen molar-refractivity contribution in [3.8, 4) is 23.0 Å². The van der Waals surface area contributed by atoms with Crippen molar-refractivity contribution in [3.05, 3.63) is 132 Å². The molecule has 0 saturated heterocycles. The Hall–Kier alpha value is -7.12. The van der Waals surface area contributed by atoms with Crippen LogP contribution in [0.4, 0.5) is 11.4 Å². The monoisotopic (exact) mass is 926 g/mol. The molecule has 8 heterocycles. The largest absolute Gasteiger partial charge is 0.485 e. The van der Waals surface area contributed by atoms with Gasteiger partial charge in [0.2, 0.25) is 34.6 Å². The van der Waals surface area contributed by atoms with Crippen molar-refractivity contribution in [3.63, 3.8) is 0 Å². The second-order valence-electron chi connectivity index (χ2n) is 18.8. The van der Waals surface area contributed by atoms with Gasteiger partial charge in [0.1, 0.15) is 36.8 Å². The van der Waals surface area contributed by atoms with Crippen LogP contribution in [0.5, 0.6) is 23.0 Å². The number of benzene rings is 4. The number of carbonyl (C=O) groups is 2. The molecule has 0 bridgehead atoms. The molecule has 6 aliphatic rings. The SMILES string of the molecule is O=C(CCCCC[n+]1ccc2c3c(cccc31)OC1CCN3C(=C21)Oc1ccccc13)NCCOCCNC(=O)CCCCC[n+]1ccc2c3c(cccc31)OC1CCN3C(=C21)Oc1ccccc13. The maximum Gasteiger partial charge on any atom is 0.220 e. The van der Waals surface area contributed by atoms with Crippen LogP contribution < -0.4 is 48.5 Å². The maximum atomic E-state index is 12.6. The van der Waals surface area contributed by atoms with Crippen LogP contribution in [0.3, 0.4) is 0 Å². The number of para-hydroxylation sites is 4. The van der Waals surface area contributed by atoms with Crippen molar-refractivity contribution < 1.29 is 42.4 Å². The molecule has 0 spiro atoms. The van der Waals surface area contributed by atoms with Crippen molar-refractivity contribution in [1.29, 1.82) is 0 Å². The summed E-state index contributed by atoms with van der Waals surface area (Å²) in [6.45, 7) is 5.13. The van der Waals surface area contributed by atoms with Gasteiger partial charge in [-0.05, 0) is 62.1 Å². The number of pyridine rings is 2. The summed E-state index contributed by atoms with van der Waals surface area (Å²) in [6.07, 6.45) is 12.5. The zero-order valence-electron chi connectivity index (χ0n) is 38.9. The van der Waals surface area contributed by atoms with Crippen LogP contribution in [0.25, 0.3) is 33.0 Å². The molecular weight excluding hydrogens is 869 g/mol. The first-order valence-electron chi connectivity index (χ1n) is 25.0. The van der Waals surface area contributed by atoms with E-state index in [4.69, 9.17) is 23.7 Å². The van der Waals surface area contributed by atoms with Crippen LogP contribution in [0.2, 0.25) is 0 Å². The number of aromatic nitrogens is 2. The molecule has 0 saturated carbocycles. The second-order valence-corrected chi connectivity index (χ2v) is 18.8. The van der Waals surface area contributed by atoms with Gasteiger partial charge in [-0.25, -0.2) is 0 Å². The van der Waals surface area contributed by atoms with Crippen LogP contribution in [0.1, 0.15) is 75.3 Å². The van der Waals surface area contributed by atoms with Gasteiger partial charge in [0.05, 0.1) is 46.5 Å². The average Bonchev–Trinajstić information content (AvgIpc) is 3.95. The Kier molecular flexibility index (Phi) is 11.7. The topological polar surface area (TPSA) is 119 Å². The lowest BCUT2D eigenvalue weighted by Crippen LogP contribution is -2.39. The number of unbranched alkanes of at least 4 members (excludes halogenated alkanes) is 4. The van der Waals surface area contributed by atoms with Crippen molar-refractivity contribution in [1.82, 2.24) is 10.6 Å². The smallest absolute Gasteiger partial charge is 0.220 e. The maximum absolute atomic E-state index is 12.6. The van der Waals surface area contributed by atoms with Gasteiger partial charge in [0.25, 0.3) is 0 Å². The number of ether oxygens (including phenoxy) is 5. The van der Waals surface area contributed by atoms with E-state index in [0.29, 0.717) is 39.1 Å². The summed E-state index contributed by atoms with van der Waals surface area (Å²) in [5.41, 5.74) is 9.13. The molecule has 2 atom stereocenters. The summed E-state index contributed by atoms with van der Waals surface area (Å²) < 4.78 is 36.4. The number of carbonyl (C=O) groups excluding carboxylic acids is 2. The Morgan fingerprint density at radius 3 is 1.51 bits per heavy atom. The highest BCUT2D eigenvalue weighted by molar-refractivity contribution is 6.00. The summed E-state index contributed by atoms with van der Waals surface area (Å²) in [5.74, 6) is 5.50. The molecule has 13 heteroatoms. The highest BCUT2D eigenvalue weighted by Gasteiger charge is 2.43. The number of aryl methyl sites for hydroxylation is 2. The van der Waals surface area contributed by atoms with E-state index in [1.165, 1.54) is 11.1 Å². The third-order valence-electron chi connectivity index (χ3n) is 14.4. The van der Waals surface area contributed by atoms with E-state index in [9.17, 15) is 9.59 Å². The second kappa shape index (κ2) is 18.8. The highest BCUT2D eigenvalue weighted by atomic mass is 16.5. The molecule has 0 aliphatic carbocycles. The zero-order chi connectivity index (χ0) is 46.3. The summed E-state index contributed by atoms with van der Waals surface area (Å²) in [7, 11) is 0. The molecule has 0 radical (unpaired) electrons. The molecule has 2 unspecified atom stereocenters. The average molecular weight is 927 g/mol. The fourth-order valence-electron chi connectivity index (χ4n) is 11.1. The molecule has 6 aliphatic heterocycles. The molecule has 13 nitrogen and oxygen atoms in total. The lowest BCUT2D eigenvalue weighted by Gasteiger charge is -2.35. The zero-order valence-corrected chi connectivity index (χ0v) is 38.9. The van der Waals surface area contributed by atoms with E-state index in [1.807, 2.05) is 24.3 Å². The van der Waals surface area contributed by atoms with Crippen LogP contribution >= 0.6 is 0 Å². The van der Waals surface area contributed by atoms with Crippen LogP contribution in [0.15, 0.2) is 121 Å². The summed E-state index contributed by atoms with van der Waals surface area (Å²) in [6, 6.07) is 33.6. The Balaban J connectivity index is 0.532. The number of nitrogens with zero attached hydrogens (tertiary/aromatic N) is 4. The first kappa shape index (κ1) is 43.2. The summed E-state index contributed by atoms with van der Waals surface area (Å²) in [4.78, 5) is 29.7. The number of amides is 2. The third kappa shape index (κ3) is 8.15. The van der Waals surface area contributed by atoms with Crippen molar-refractivity contribution in [2.45, 2.75) is 89.5 Å². The third-order valence-corrected chi connectivity index (χ3v) is 14.4. The Labute approximate surface area is 401 Å². The quantitative estimate of drug-likeness (QED) is 0.0652. The normalized spacial score (nSPS) is 17.7. The molecule has 69 heavy (non-hydrogen) atoms. The van der Waals surface area contributed by atoms with Gasteiger partial charge in [-0.3, -0.25) is 9.59 Å². The van der Waals surface area contributed by atoms with E-state index in [1.54, 1.807) is 0 Å². The molecule has 6 aromatic rings. The van der Waals surface area contributed by atoms with E-state index < -0.39 is 0 Å². The fraction of sp³-hybridized carbons (Fsp3) is 0.357. The van der Waals surface area contributed by atoms with E-state index in [2.05, 4.69) is 115 Å². The Bertz CT molecular complexity index is 2860. The summed E-state index contributed by atoms with van der Waals surface area (Å²) >= 11 is 0. The van der Waals surface area contributed by atoms with Gasteiger partial charge in [0.15, 0.2) is 23.9 Å². The van der Waals surface area contributed by atoms with Crippen molar-refractivity contribution in [2.75, 3.05) is 49.2 Å². The lowest BCUT2D eigenvalue weighted by molar-refractivity contribution is -0.672. The van der Waals surface area contributed by atoms with Gasteiger partial charge >= 0.3 is 0 Å². The van der Waals surface area contributed by atoms with Crippen LogP contribution in [-0.2, 0) is 27.4 Å². The highest BCUT2D eigenvalue weighted by Crippen LogP contribution is 2.51. The number of anilines is 2. The minimum absolute atomic E-state index is 0.0366. The van der Waals surface area contributed by atoms with Crippen LogP contribution in [0, 0.1) is 0 Å². The van der Waals surface area contributed by atoms with Gasteiger partial charge in [-0.1, -0.05) is 36.4 Å². The Morgan fingerprint density at radius 1 is 0.551 bits per heavy atom. The number of nitrogens with one attached hydrogen (secondary N) is 2. The van der Waals surface area contributed by atoms with Gasteiger partial charge in [-0.2, -0.15) is 9.13 Å². The van der Waals surface area contributed by atoms with Crippen molar-refractivity contribution >= 4 is 56.1 Å². The molecule has 4 aromatic carbocycles. The number of rotatable bonds is 18. The number of fused-ring (bicyclic) bond motifs is 10. The first-order chi connectivity index (χ1) is 34.1. The molecule has 0 fully saturated rings. The van der Waals surface area contributed by atoms with Gasteiger partial charge in [0, 0.05) is 100 Å². The molecule has 12 rings (SSSR count). The molecular formula is C56H58N6O7+2. The van der Waals surface area contributed by atoms with Gasteiger partial charge < -0.3 is 44.1 Å². The minimum Gasteiger partial charge on any atom is -0.485 e.